The molecule has 2 N–H and O–H groups in total. The first-order valence-electron chi connectivity index (χ1n) is 3.90. The van der Waals surface area contributed by atoms with E-state index in [9.17, 15) is 15.2 Å². The standard InChI is InChI=1S/C8H9NO4S/c1-2-14-8-5(9(12)13)3-4-6(10)7(8)11/h3-4,10-11H,2H2,1H3. The van der Waals surface area contributed by atoms with Gasteiger partial charge in [0.1, 0.15) is 4.90 Å². The van der Waals surface area contributed by atoms with Crippen LogP contribution in [0.4, 0.5) is 5.69 Å². The van der Waals surface area contributed by atoms with Crippen LogP contribution >= 0.6 is 11.8 Å². The zero-order chi connectivity index (χ0) is 10.7. The minimum atomic E-state index is -0.586. The van der Waals surface area contributed by atoms with Crippen molar-refractivity contribution >= 4 is 17.4 Å². The van der Waals surface area contributed by atoms with Crippen LogP contribution in [0.15, 0.2) is 17.0 Å². The third-order valence-electron chi connectivity index (χ3n) is 1.57. The topological polar surface area (TPSA) is 83.6 Å². The highest BCUT2D eigenvalue weighted by molar-refractivity contribution is 7.99. The van der Waals surface area contributed by atoms with E-state index in [2.05, 4.69) is 0 Å². The minimum absolute atomic E-state index is 0.109. The summed E-state index contributed by atoms with van der Waals surface area (Å²) in [5, 5.41) is 29.1. The number of nitrogens with zero attached hydrogens (tertiary/aromatic N) is 1. The van der Waals surface area contributed by atoms with Crippen LogP contribution in [0.3, 0.4) is 0 Å². The summed E-state index contributed by atoms with van der Waals surface area (Å²) in [7, 11) is 0. The summed E-state index contributed by atoms with van der Waals surface area (Å²) in [5.74, 6) is -0.185. The molecule has 76 valence electrons. The van der Waals surface area contributed by atoms with Crippen LogP contribution in [0.25, 0.3) is 0 Å². The molecule has 0 saturated heterocycles. The highest BCUT2D eigenvalue weighted by Gasteiger charge is 2.20. The Kier molecular flexibility index (Phi) is 3.19. The largest absolute Gasteiger partial charge is 0.504 e. The van der Waals surface area contributed by atoms with Gasteiger partial charge in [-0.1, -0.05) is 6.92 Å². The molecule has 0 saturated carbocycles. The number of phenols is 2. The maximum Gasteiger partial charge on any atom is 0.286 e. The van der Waals surface area contributed by atoms with E-state index in [1.807, 2.05) is 0 Å². The molecule has 0 spiro atoms. The number of benzene rings is 1. The Labute approximate surface area is 84.5 Å². The lowest BCUT2D eigenvalue weighted by molar-refractivity contribution is -0.387. The molecule has 1 aromatic rings. The quantitative estimate of drug-likeness (QED) is 0.349. The molecule has 1 rings (SSSR count). The predicted octanol–water partition coefficient (Wildman–Crippen LogP) is 2.12. The lowest BCUT2D eigenvalue weighted by Gasteiger charge is -2.04. The fraction of sp³-hybridized carbons (Fsp3) is 0.250. The van der Waals surface area contributed by atoms with Gasteiger partial charge in [-0.05, 0) is 11.8 Å². The van der Waals surface area contributed by atoms with E-state index in [4.69, 9.17) is 5.11 Å². The maximum atomic E-state index is 10.6. The van der Waals surface area contributed by atoms with Gasteiger partial charge in [0.15, 0.2) is 11.5 Å². The van der Waals surface area contributed by atoms with Crippen LogP contribution in [0.5, 0.6) is 11.5 Å². The lowest BCUT2D eigenvalue weighted by atomic mass is 10.3. The number of nitro groups is 1. The number of phenolic OH excluding ortho intramolecular Hbond substituents is 2. The Morgan fingerprint density at radius 1 is 1.50 bits per heavy atom. The third-order valence-corrected chi connectivity index (χ3v) is 2.55. The summed E-state index contributed by atoms with van der Waals surface area (Å²) in [6, 6.07) is 2.28. The molecule has 5 nitrogen and oxygen atoms in total. The smallest absolute Gasteiger partial charge is 0.286 e. The van der Waals surface area contributed by atoms with Crippen molar-refractivity contribution in [3.8, 4) is 11.5 Å². The van der Waals surface area contributed by atoms with E-state index in [0.717, 1.165) is 17.8 Å². The SMILES string of the molecule is CCSc1c([N+](=O)[O-])ccc(O)c1O. The Hall–Kier alpha value is -1.43. The second-order valence-corrected chi connectivity index (χ2v) is 3.75. The molecule has 0 aliphatic heterocycles. The molecule has 0 aliphatic rings. The predicted molar refractivity (Wildman–Crippen MR) is 52.8 cm³/mol. The van der Waals surface area contributed by atoms with Crippen LogP contribution in [0, 0.1) is 10.1 Å². The normalized spacial score (nSPS) is 10.1. The first-order chi connectivity index (χ1) is 6.57. The molecule has 0 unspecified atom stereocenters. The Bertz CT molecular complexity index is 367. The summed E-state index contributed by atoms with van der Waals surface area (Å²) in [4.78, 5) is 10.1. The average Bonchev–Trinajstić information content (AvgIpc) is 2.13. The van der Waals surface area contributed by atoms with Gasteiger partial charge in [-0.2, -0.15) is 0 Å². The molecule has 0 atom stereocenters. The minimum Gasteiger partial charge on any atom is -0.504 e. The molecule has 6 heteroatoms. The van der Waals surface area contributed by atoms with Gasteiger partial charge in [0.05, 0.1) is 4.92 Å². The van der Waals surface area contributed by atoms with Gasteiger partial charge in [-0.15, -0.1) is 11.8 Å². The van der Waals surface area contributed by atoms with Crippen molar-refractivity contribution in [3.63, 3.8) is 0 Å². The second kappa shape index (κ2) is 4.19. The Balaban J connectivity index is 3.29. The summed E-state index contributed by atoms with van der Waals surface area (Å²) in [6.45, 7) is 1.80. The van der Waals surface area contributed by atoms with E-state index < -0.39 is 10.7 Å². The molecule has 0 amide bonds. The van der Waals surface area contributed by atoms with Crippen LogP contribution in [-0.4, -0.2) is 20.9 Å². The van der Waals surface area contributed by atoms with Crippen LogP contribution in [0.2, 0.25) is 0 Å². The highest BCUT2D eigenvalue weighted by atomic mass is 32.2. The number of nitro benzene ring substituents is 1. The molecule has 0 aliphatic carbocycles. The molecular weight excluding hydrogens is 206 g/mol. The van der Waals surface area contributed by atoms with Crippen molar-refractivity contribution in [1.82, 2.24) is 0 Å². The van der Waals surface area contributed by atoms with Crippen LogP contribution < -0.4 is 0 Å². The monoisotopic (exact) mass is 215 g/mol. The second-order valence-electron chi connectivity index (χ2n) is 2.47. The highest BCUT2D eigenvalue weighted by Crippen LogP contribution is 2.42. The first-order valence-corrected chi connectivity index (χ1v) is 4.88. The molecule has 0 heterocycles. The average molecular weight is 215 g/mol. The van der Waals surface area contributed by atoms with Gasteiger partial charge in [0.2, 0.25) is 0 Å². The maximum absolute atomic E-state index is 10.6. The molecule has 0 radical (unpaired) electrons. The third kappa shape index (κ3) is 1.90. The number of thioether (sulfide) groups is 1. The number of rotatable bonds is 3. The van der Waals surface area contributed by atoms with Gasteiger partial charge < -0.3 is 10.2 Å². The van der Waals surface area contributed by atoms with Crippen LogP contribution in [-0.2, 0) is 0 Å². The molecular formula is C8H9NO4S. The van der Waals surface area contributed by atoms with E-state index >= 15 is 0 Å². The van der Waals surface area contributed by atoms with Gasteiger partial charge in [-0.25, -0.2) is 0 Å². The van der Waals surface area contributed by atoms with Crippen molar-refractivity contribution in [1.29, 1.82) is 0 Å². The number of hydrogen-bond acceptors (Lipinski definition) is 5. The lowest BCUT2D eigenvalue weighted by Crippen LogP contribution is -1.91. The van der Waals surface area contributed by atoms with E-state index in [0.29, 0.717) is 5.75 Å². The van der Waals surface area contributed by atoms with Crippen molar-refractivity contribution in [3.05, 3.63) is 22.2 Å². The fourth-order valence-electron chi connectivity index (χ4n) is 0.981. The fourth-order valence-corrected chi connectivity index (χ4v) is 1.80. The summed E-state index contributed by atoms with van der Waals surface area (Å²) in [6.07, 6.45) is 0. The summed E-state index contributed by atoms with van der Waals surface area (Å²) >= 11 is 1.12. The van der Waals surface area contributed by atoms with E-state index in [-0.39, 0.29) is 16.3 Å². The van der Waals surface area contributed by atoms with Gasteiger partial charge in [0.25, 0.3) is 5.69 Å². The number of hydrogen-bond donors (Lipinski definition) is 2. The Morgan fingerprint density at radius 2 is 2.14 bits per heavy atom. The zero-order valence-electron chi connectivity index (χ0n) is 7.43. The van der Waals surface area contributed by atoms with Gasteiger partial charge in [-0.3, -0.25) is 10.1 Å². The Morgan fingerprint density at radius 3 is 2.64 bits per heavy atom. The summed E-state index contributed by atoms with van der Waals surface area (Å²) < 4.78 is 0. The van der Waals surface area contributed by atoms with E-state index in [1.165, 1.54) is 6.07 Å². The zero-order valence-corrected chi connectivity index (χ0v) is 8.24. The van der Waals surface area contributed by atoms with Crippen molar-refractivity contribution < 1.29 is 15.1 Å². The number of aromatic hydroxyl groups is 2. The van der Waals surface area contributed by atoms with Crippen LogP contribution in [0.1, 0.15) is 6.92 Å². The van der Waals surface area contributed by atoms with Crippen molar-refractivity contribution in [2.45, 2.75) is 11.8 Å². The van der Waals surface area contributed by atoms with E-state index in [1.54, 1.807) is 6.92 Å². The van der Waals surface area contributed by atoms with Crippen molar-refractivity contribution in [2.24, 2.45) is 0 Å². The molecule has 0 aromatic heterocycles. The molecule has 0 bridgehead atoms. The molecule has 14 heavy (non-hydrogen) atoms. The van der Waals surface area contributed by atoms with Gasteiger partial charge >= 0.3 is 0 Å². The van der Waals surface area contributed by atoms with Crippen molar-refractivity contribution in [2.75, 3.05) is 5.75 Å². The molecule has 1 aromatic carbocycles. The summed E-state index contributed by atoms with van der Waals surface area (Å²) in [5.41, 5.74) is -0.188. The molecule has 0 fully saturated rings. The first kappa shape index (κ1) is 10.6. The van der Waals surface area contributed by atoms with Gasteiger partial charge in [0, 0.05) is 6.07 Å².